The van der Waals surface area contributed by atoms with Crippen LogP contribution < -0.4 is 25.0 Å². The Bertz CT molecular complexity index is 1480. The summed E-state index contributed by atoms with van der Waals surface area (Å²) < 4.78 is 62.6. The van der Waals surface area contributed by atoms with Crippen molar-refractivity contribution in [3.8, 4) is 23.0 Å². The number of halogens is 3. The number of alkyl halides is 3. The summed E-state index contributed by atoms with van der Waals surface area (Å²) in [5, 5.41) is 2.50. The van der Waals surface area contributed by atoms with Gasteiger partial charge >= 0.3 is 6.18 Å². The van der Waals surface area contributed by atoms with Crippen molar-refractivity contribution in [3.63, 3.8) is 0 Å². The average Bonchev–Trinajstić information content (AvgIpc) is 2.90. The predicted molar refractivity (Wildman–Crippen MR) is 135 cm³/mol. The van der Waals surface area contributed by atoms with Gasteiger partial charge in [-0.15, -0.1) is 0 Å². The Morgan fingerprint density at radius 2 is 1.55 bits per heavy atom. The van der Waals surface area contributed by atoms with Crippen LogP contribution in [-0.4, -0.2) is 19.1 Å². The minimum absolute atomic E-state index is 0.0411. The topological polar surface area (TPSA) is 87.0 Å². The Balaban J connectivity index is 1.54. The van der Waals surface area contributed by atoms with E-state index < -0.39 is 35.6 Å². The van der Waals surface area contributed by atoms with Crippen LogP contribution in [0.2, 0.25) is 0 Å². The average molecular weight is 527 g/mol. The fraction of sp³-hybridized carbons (Fsp3) is 0.214. The minimum Gasteiger partial charge on any atom is -0.494 e. The largest absolute Gasteiger partial charge is 0.494 e. The molecule has 1 N–H and O–H groups in total. The number of hydrogen-bond acceptors (Lipinski definition) is 6. The number of hydrogen-bond donors (Lipinski definition) is 1. The fourth-order valence-corrected chi connectivity index (χ4v) is 3.58. The van der Waals surface area contributed by atoms with Crippen LogP contribution in [0.4, 0.5) is 18.9 Å². The highest BCUT2D eigenvalue weighted by Gasteiger charge is 2.40. The van der Waals surface area contributed by atoms with Crippen molar-refractivity contribution in [1.82, 2.24) is 0 Å². The van der Waals surface area contributed by atoms with Crippen molar-refractivity contribution in [2.24, 2.45) is 0 Å². The third-order valence-electron chi connectivity index (χ3n) is 5.45. The number of fused-ring (bicyclic) bond motifs is 1. The molecule has 0 aliphatic carbocycles. The first-order valence-electron chi connectivity index (χ1n) is 11.8. The van der Waals surface area contributed by atoms with Crippen molar-refractivity contribution in [1.29, 1.82) is 0 Å². The molecule has 1 heterocycles. The molecule has 3 aromatic carbocycles. The van der Waals surface area contributed by atoms with Crippen LogP contribution in [0.25, 0.3) is 11.0 Å². The number of nitrogens with one attached hydrogen (secondary N) is 1. The molecule has 0 aliphatic heterocycles. The second-order valence-corrected chi connectivity index (χ2v) is 8.14. The summed E-state index contributed by atoms with van der Waals surface area (Å²) in [4.78, 5) is 25.2. The summed E-state index contributed by atoms with van der Waals surface area (Å²) in [5.74, 6) is -2.26. The maximum atomic E-state index is 13.8. The summed E-state index contributed by atoms with van der Waals surface area (Å²) in [6, 6.07) is 16.8. The quantitative estimate of drug-likeness (QED) is 0.265. The van der Waals surface area contributed by atoms with E-state index in [9.17, 15) is 22.8 Å². The van der Waals surface area contributed by atoms with E-state index in [1.165, 1.54) is 24.3 Å². The van der Waals surface area contributed by atoms with Gasteiger partial charge in [-0.25, -0.2) is 0 Å². The van der Waals surface area contributed by atoms with Gasteiger partial charge in [0.25, 0.3) is 11.7 Å². The van der Waals surface area contributed by atoms with Gasteiger partial charge in [0, 0.05) is 11.8 Å². The van der Waals surface area contributed by atoms with E-state index in [4.69, 9.17) is 18.6 Å². The molecule has 10 heteroatoms. The number of amides is 1. The summed E-state index contributed by atoms with van der Waals surface area (Å²) in [6.07, 6.45) is -4.26. The van der Waals surface area contributed by atoms with Crippen molar-refractivity contribution >= 4 is 22.6 Å². The van der Waals surface area contributed by atoms with E-state index in [0.717, 1.165) is 18.1 Å². The van der Waals surface area contributed by atoms with E-state index in [2.05, 4.69) is 5.32 Å². The van der Waals surface area contributed by atoms with Crippen LogP contribution in [-0.2, 0) is 17.4 Å². The minimum atomic E-state index is -5.00. The summed E-state index contributed by atoms with van der Waals surface area (Å²) in [7, 11) is 0. The Hall–Kier alpha value is -4.47. The first-order chi connectivity index (χ1) is 18.2. The lowest BCUT2D eigenvalue weighted by Crippen LogP contribution is -2.20. The van der Waals surface area contributed by atoms with Gasteiger partial charge in [0.15, 0.2) is 6.61 Å². The predicted octanol–water partition coefficient (Wildman–Crippen LogP) is 6.58. The van der Waals surface area contributed by atoms with Gasteiger partial charge in [0.05, 0.1) is 12.0 Å². The number of aryl methyl sites for hydroxylation is 1. The van der Waals surface area contributed by atoms with Crippen molar-refractivity contribution < 1.29 is 36.6 Å². The van der Waals surface area contributed by atoms with Crippen molar-refractivity contribution in [3.05, 3.63) is 88.3 Å². The fourth-order valence-electron chi connectivity index (χ4n) is 3.58. The number of carbonyl (C=O) groups excluding carboxylic acids is 1. The lowest BCUT2D eigenvalue weighted by Gasteiger charge is -2.14. The zero-order valence-electron chi connectivity index (χ0n) is 20.6. The lowest BCUT2D eigenvalue weighted by atomic mass is 10.1. The van der Waals surface area contributed by atoms with E-state index in [-0.39, 0.29) is 22.5 Å². The van der Waals surface area contributed by atoms with E-state index in [1.807, 2.05) is 13.8 Å². The molecular formula is C28H24F3NO6. The zero-order chi connectivity index (χ0) is 27.3. The number of rotatable bonds is 9. The van der Waals surface area contributed by atoms with Gasteiger partial charge in [-0.1, -0.05) is 19.1 Å². The third kappa shape index (κ3) is 6.26. The molecule has 0 aliphatic rings. The van der Waals surface area contributed by atoms with Gasteiger partial charge < -0.3 is 23.9 Å². The molecule has 1 amide bonds. The van der Waals surface area contributed by atoms with Crippen LogP contribution in [0.15, 0.2) is 75.9 Å². The first kappa shape index (κ1) is 26.6. The molecule has 0 bridgehead atoms. The van der Waals surface area contributed by atoms with Crippen LogP contribution >= 0.6 is 0 Å². The Kier molecular flexibility index (Phi) is 7.90. The summed E-state index contributed by atoms with van der Waals surface area (Å²) in [5.41, 5.74) is 0.122. The number of anilines is 1. The third-order valence-corrected chi connectivity index (χ3v) is 5.45. The Morgan fingerprint density at radius 3 is 2.18 bits per heavy atom. The van der Waals surface area contributed by atoms with E-state index >= 15 is 0 Å². The first-order valence-corrected chi connectivity index (χ1v) is 11.8. The summed E-state index contributed by atoms with van der Waals surface area (Å²) >= 11 is 0. The normalized spacial score (nSPS) is 11.3. The molecule has 0 radical (unpaired) electrons. The maximum Gasteiger partial charge on any atom is 0.453 e. The highest BCUT2D eigenvalue weighted by molar-refractivity contribution is 5.92. The van der Waals surface area contributed by atoms with Gasteiger partial charge in [0.2, 0.25) is 11.2 Å². The molecule has 198 valence electrons. The van der Waals surface area contributed by atoms with Crippen molar-refractivity contribution in [2.75, 3.05) is 18.5 Å². The Morgan fingerprint density at radius 1 is 0.895 bits per heavy atom. The van der Waals surface area contributed by atoms with Crippen LogP contribution in [0.3, 0.4) is 0 Å². The van der Waals surface area contributed by atoms with Crippen LogP contribution in [0.1, 0.15) is 25.2 Å². The van der Waals surface area contributed by atoms with Crippen LogP contribution in [0, 0.1) is 0 Å². The van der Waals surface area contributed by atoms with Gasteiger partial charge in [-0.05, 0) is 67.4 Å². The smallest absolute Gasteiger partial charge is 0.453 e. The second kappa shape index (κ2) is 11.3. The molecule has 4 aromatic rings. The van der Waals surface area contributed by atoms with Gasteiger partial charge in [0.1, 0.15) is 22.8 Å². The monoisotopic (exact) mass is 527 g/mol. The molecule has 0 fully saturated rings. The molecule has 0 unspecified atom stereocenters. The molecule has 0 spiro atoms. The Labute approximate surface area is 215 Å². The zero-order valence-corrected chi connectivity index (χ0v) is 20.6. The maximum absolute atomic E-state index is 13.8. The van der Waals surface area contributed by atoms with Crippen LogP contribution in [0.5, 0.6) is 23.0 Å². The SMILES string of the molecule is CCOc1ccc(NC(=O)COc2ccc3c(=O)c(Oc4ccc(CC)cc4)c(C(F)(F)F)oc3c2)cc1. The highest BCUT2D eigenvalue weighted by Crippen LogP contribution is 2.38. The highest BCUT2D eigenvalue weighted by atomic mass is 19.4. The summed E-state index contributed by atoms with van der Waals surface area (Å²) in [6.45, 7) is 3.87. The molecular weight excluding hydrogens is 503 g/mol. The molecule has 0 atom stereocenters. The number of ether oxygens (including phenoxy) is 3. The van der Waals surface area contributed by atoms with E-state index in [0.29, 0.717) is 18.0 Å². The molecule has 4 rings (SSSR count). The molecule has 1 aromatic heterocycles. The van der Waals surface area contributed by atoms with Gasteiger partial charge in [-0.2, -0.15) is 13.2 Å². The number of carbonyl (C=O) groups is 1. The van der Waals surface area contributed by atoms with E-state index in [1.54, 1.807) is 36.4 Å². The number of benzene rings is 3. The standard InChI is InChI=1S/C28H24F3NO6/c1-3-17-5-9-20(10-6-17)37-26-25(34)22-14-13-21(15-23(22)38-27(26)28(29,30)31)36-16-24(33)32-18-7-11-19(12-8-18)35-4-2/h5-15H,3-4,16H2,1-2H3,(H,32,33). The molecule has 0 saturated heterocycles. The molecule has 0 saturated carbocycles. The molecule has 38 heavy (non-hydrogen) atoms. The lowest BCUT2D eigenvalue weighted by molar-refractivity contribution is -0.154. The molecule has 7 nitrogen and oxygen atoms in total. The second-order valence-electron chi connectivity index (χ2n) is 8.14. The van der Waals surface area contributed by atoms with Gasteiger partial charge in [-0.3, -0.25) is 9.59 Å². The van der Waals surface area contributed by atoms with Crippen molar-refractivity contribution in [2.45, 2.75) is 26.4 Å².